The molecule has 6 nitrogen and oxygen atoms in total. The number of thiazole rings is 1. The van der Waals surface area contributed by atoms with Crippen molar-refractivity contribution in [3.63, 3.8) is 0 Å². The molecule has 0 aliphatic heterocycles. The van der Waals surface area contributed by atoms with E-state index < -0.39 is 5.76 Å². The van der Waals surface area contributed by atoms with Crippen molar-refractivity contribution in [3.05, 3.63) is 54.9 Å². The van der Waals surface area contributed by atoms with Crippen molar-refractivity contribution in [3.8, 4) is 11.3 Å². The number of carbonyl (C=O) groups is 1. The van der Waals surface area contributed by atoms with E-state index in [4.69, 9.17) is 27.6 Å². The summed E-state index contributed by atoms with van der Waals surface area (Å²) in [5, 5.41) is 4.87. The number of oxazole rings is 1. The second-order valence-corrected chi connectivity index (χ2v) is 8.39. The van der Waals surface area contributed by atoms with Crippen LogP contribution in [0.15, 0.2) is 44.9 Å². The van der Waals surface area contributed by atoms with E-state index in [0.717, 1.165) is 5.56 Å². The first-order valence-electron chi connectivity index (χ1n) is 7.30. The number of hydrogen-bond donors (Lipinski definition) is 1. The summed E-state index contributed by atoms with van der Waals surface area (Å²) in [5.74, 6) is -0.963. The van der Waals surface area contributed by atoms with Gasteiger partial charge >= 0.3 is 5.76 Å². The molecule has 1 amide bonds. The van der Waals surface area contributed by atoms with Crippen LogP contribution in [0, 0.1) is 0 Å². The van der Waals surface area contributed by atoms with E-state index >= 15 is 0 Å². The number of para-hydroxylation sites is 2. The zero-order valence-corrected chi connectivity index (χ0v) is 16.0. The Bertz CT molecular complexity index is 1180. The van der Waals surface area contributed by atoms with Crippen LogP contribution in [0.25, 0.3) is 22.4 Å². The number of thiophene rings is 1. The number of benzene rings is 1. The standard InChI is InChI=1S/C16H9Cl2N3O3S2/c17-12-5-8(14(18)26-12)9-7-25-15(19-9)20-13(22)6-21-10-3-1-2-4-11(10)24-16(21)23/h1-5,7H,6H2,(H,19,20,22). The highest BCUT2D eigenvalue weighted by molar-refractivity contribution is 7.20. The lowest BCUT2D eigenvalue weighted by molar-refractivity contribution is -0.116. The van der Waals surface area contributed by atoms with Crippen LogP contribution < -0.4 is 11.1 Å². The second kappa shape index (κ2) is 6.88. The molecule has 1 aromatic carbocycles. The Kier molecular flexibility index (Phi) is 4.58. The van der Waals surface area contributed by atoms with E-state index in [-0.39, 0.29) is 12.5 Å². The van der Waals surface area contributed by atoms with Crippen molar-refractivity contribution in [1.29, 1.82) is 0 Å². The predicted molar refractivity (Wildman–Crippen MR) is 105 cm³/mol. The first kappa shape index (κ1) is 17.3. The van der Waals surface area contributed by atoms with Gasteiger partial charge in [0, 0.05) is 10.9 Å². The molecule has 0 bridgehead atoms. The molecule has 0 saturated carbocycles. The number of carbonyl (C=O) groups excluding carboxylic acids is 1. The van der Waals surface area contributed by atoms with Crippen LogP contribution in [-0.4, -0.2) is 15.5 Å². The smallest absolute Gasteiger partial charge is 0.408 e. The van der Waals surface area contributed by atoms with Gasteiger partial charge in [0.25, 0.3) is 0 Å². The number of aromatic nitrogens is 2. The minimum Gasteiger partial charge on any atom is -0.408 e. The number of hydrogen-bond acceptors (Lipinski definition) is 6. The number of anilines is 1. The fourth-order valence-electron chi connectivity index (χ4n) is 2.44. The van der Waals surface area contributed by atoms with E-state index in [1.807, 2.05) is 0 Å². The summed E-state index contributed by atoms with van der Waals surface area (Å²) in [5.41, 5.74) is 2.35. The lowest BCUT2D eigenvalue weighted by Crippen LogP contribution is -2.24. The van der Waals surface area contributed by atoms with E-state index in [0.29, 0.717) is 30.6 Å². The molecule has 0 unspecified atom stereocenters. The van der Waals surface area contributed by atoms with Crippen LogP contribution in [0.5, 0.6) is 0 Å². The molecule has 3 heterocycles. The van der Waals surface area contributed by atoms with Gasteiger partial charge in [-0.3, -0.25) is 9.36 Å². The molecule has 26 heavy (non-hydrogen) atoms. The van der Waals surface area contributed by atoms with Gasteiger partial charge in [0.1, 0.15) is 10.9 Å². The average molecular weight is 426 g/mol. The lowest BCUT2D eigenvalue weighted by atomic mass is 10.3. The lowest BCUT2D eigenvalue weighted by Gasteiger charge is -2.02. The highest BCUT2D eigenvalue weighted by Crippen LogP contribution is 2.38. The van der Waals surface area contributed by atoms with Crippen LogP contribution in [0.2, 0.25) is 8.67 Å². The van der Waals surface area contributed by atoms with E-state index in [2.05, 4.69) is 10.3 Å². The van der Waals surface area contributed by atoms with Gasteiger partial charge in [0.15, 0.2) is 10.7 Å². The molecule has 1 N–H and O–H groups in total. The molecule has 10 heteroatoms. The molecule has 0 spiro atoms. The maximum absolute atomic E-state index is 12.3. The van der Waals surface area contributed by atoms with Gasteiger partial charge in [-0.05, 0) is 18.2 Å². The number of fused-ring (bicyclic) bond motifs is 1. The summed E-state index contributed by atoms with van der Waals surface area (Å²) >= 11 is 14.6. The Balaban J connectivity index is 1.53. The monoisotopic (exact) mass is 425 g/mol. The molecule has 132 valence electrons. The number of halogens is 2. The summed E-state index contributed by atoms with van der Waals surface area (Å²) in [4.78, 5) is 28.6. The van der Waals surface area contributed by atoms with Crippen molar-refractivity contribution < 1.29 is 9.21 Å². The molecule has 0 aliphatic rings. The number of nitrogens with one attached hydrogen (secondary N) is 1. The van der Waals surface area contributed by atoms with Crippen molar-refractivity contribution in [2.24, 2.45) is 0 Å². The Morgan fingerprint density at radius 2 is 2.12 bits per heavy atom. The number of amides is 1. The summed E-state index contributed by atoms with van der Waals surface area (Å²) in [6, 6.07) is 8.65. The largest absolute Gasteiger partial charge is 0.420 e. The molecule has 4 rings (SSSR count). The summed E-state index contributed by atoms with van der Waals surface area (Å²) in [6.07, 6.45) is 0. The van der Waals surface area contributed by atoms with E-state index in [1.165, 1.54) is 27.2 Å². The Labute approximate surface area is 164 Å². The van der Waals surface area contributed by atoms with Crippen LogP contribution in [-0.2, 0) is 11.3 Å². The molecule has 3 aromatic heterocycles. The molecular formula is C16H9Cl2N3O3S2. The van der Waals surface area contributed by atoms with Crippen LogP contribution in [0.4, 0.5) is 5.13 Å². The summed E-state index contributed by atoms with van der Waals surface area (Å²) in [7, 11) is 0. The third kappa shape index (κ3) is 3.28. The Morgan fingerprint density at radius 1 is 1.31 bits per heavy atom. The summed E-state index contributed by atoms with van der Waals surface area (Å²) in [6.45, 7) is -0.171. The zero-order chi connectivity index (χ0) is 18.3. The van der Waals surface area contributed by atoms with E-state index in [1.54, 1.807) is 35.7 Å². The third-order valence-electron chi connectivity index (χ3n) is 3.56. The van der Waals surface area contributed by atoms with E-state index in [9.17, 15) is 9.59 Å². The minimum absolute atomic E-state index is 0.171. The quantitative estimate of drug-likeness (QED) is 0.512. The Hall–Kier alpha value is -2.13. The third-order valence-corrected chi connectivity index (χ3v) is 5.80. The second-order valence-electron chi connectivity index (χ2n) is 5.25. The molecule has 0 aliphatic carbocycles. The maximum Gasteiger partial charge on any atom is 0.420 e. The molecule has 0 atom stereocenters. The maximum atomic E-state index is 12.3. The van der Waals surface area contributed by atoms with Crippen molar-refractivity contribution in [2.75, 3.05) is 5.32 Å². The molecule has 0 fully saturated rings. The van der Waals surface area contributed by atoms with Gasteiger partial charge in [0.2, 0.25) is 5.91 Å². The van der Waals surface area contributed by atoms with Gasteiger partial charge < -0.3 is 9.73 Å². The fourth-order valence-corrected chi connectivity index (χ4v) is 4.64. The van der Waals surface area contributed by atoms with Crippen molar-refractivity contribution >= 4 is 68.0 Å². The van der Waals surface area contributed by atoms with Gasteiger partial charge in [-0.15, -0.1) is 22.7 Å². The highest BCUT2D eigenvalue weighted by Gasteiger charge is 2.15. The van der Waals surface area contributed by atoms with Gasteiger partial charge in [-0.1, -0.05) is 35.3 Å². The predicted octanol–water partition coefficient (Wildman–Crippen LogP) is 4.73. The summed E-state index contributed by atoms with van der Waals surface area (Å²) < 4.78 is 7.49. The molecular weight excluding hydrogens is 417 g/mol. The van der Waals surface area contributed by atoms with Crippen LogP contribution in [0.3, 0.4) is 0 Å². The minimum atomic E-state index is -0.583. The molecule has 4 aromatic rings. The number of rotatable bonds is 4. The molecule has 0 saturated heterocycles. The van der Waals surface area contributed by atoms with Crippen LogP contribution >= 0.6 is 45.9 Å². The van der Waals surface area contributed by atoms with Crippen LogP contribution in [0.1, 0.15) is 0 Å². The first-order valence-corrected chi connectivity index (χ1v) is 9.75. The van der Waals surface area contributed by atoms with Gasteiger partial charge in [0.05, 0.1) is 15.5 Å². The highest BCUT2D eigenvalue weighted by atomic mass is 35.5. The fraction of sp³-hybridized carbons (Fsp3) is 0.0625. The van der Waals surface area contributed by atoms with Crippen molar-refractivity contribution in [1.82, 2.24) is 9.55 Å². The SMILES string of the molecule is O=C(Cn1c(=O)oc2ccccc21)Nc1nc(-c2cc(Cl)sc2Cl)cs1. The number of nitrogens with zero attached hydrogens (tertiary/aromatic N) is 2. The zero-order valence-electron chi connectivity index (χ0n) is 12.9. The van der Waals surface area contributed by atoms with Gasteiger partial charge in [-0.25, -0.2) is 9.78 Å². The molecule has 0 radical (unpaired) electrons. The first-order chi connectivity index (χ1) is 12.5. The van der Waals surface area contributed by atoms with Gasteiger partial charge in [-0.2, -0.15) is 0 Å². The Morgan fingerprint density at radius 3 is 2.88 bits per heavy atom. The normalized spacial score (nSPS) is 11.2. The average Bonchev–Trinajstić information content (AvgIpc) is 3.26. The topological polar surface area (TPSA) is 77.1 Å². The van der Waals surface area contributed by atoms with Crippen molar-refractivity contribution in [2.45, 2.75) is 6.54 Å².